The molecule has 0 atom stereocenters. The van der Waals surface area contributed by atoms with Gasteiger partial charge in [-0.25, -0.2) is 0 Å². The summed E-state index contributed by atoms with van der Waals surface area (Å²) in [5.74, 6) is 0.167. The first kappa shape index (κ1) is 33.3. The van der Waals surface area contributed by atoms with Gasteiger partial charge in [0.1, 0.15) is 11.5 Å². The molecule has 0 spiro atoms. The number of aryl methyl sites for hydroxylation is 2. The van der Waals surface area contributed by atoms with Crippen molar-refractivity contribution in [3.8, 4) is 11.5 Å². The molecule has 0 bridgehead atoms. The van der Waals surface area contributed by atoms with Gasteiger partial charge in [-0.15, -0.1) is 0 Å². The Bertz CT molecular complexity index is 1310. The van der Waals surface area contributed by atoms with Gasteiger partial charge in [0.2, 0.25) is 0 Å². The second kappa shape index (κ2) is 17.7. The largest absolute Gasteiger partial charge is 0.505 e. The Morgan fingerprint density at radius 1 is 0.634 bits per heavy atom. The standard InChI is InChI=1S/2C16H18N2O2.Cu/c2*1-12-16(20)15(14(11-19)9-18-12)10-17-8-7-13-5-3-2-4-6-13;/h2*2-6,9-10,19-20H,7-8,11H2,1H3;. The minimum absolute atomic E-state index is 0. The van der Waals surface area contributed by atoms with Crippen LogP contribution in [0.3, 0.4) is 0 Å². The monoisotopic (exact) mass is 603 g/mol. The first-order valence-electron chi connectivity index (χ1n) is 13.1. The van der Waals surface area contributed by atoms with E-state index in [0.717, 1.165) is 12.8 Å². The Labute approximate surface area is 251 Å². The number of benzene rings is 2. The molecule has 0 fully saturated rings. The number of pyridine rings is 2. The number of aromatic hydroxyl groups is 2. The van der Waals surface area contributed by atoms with E-state index in [2.05, 4.69) is 44.2 Å². The van der Waals surface area contributed by atoms with Gasteiger partial charge in [-0.3, -0.25) is 20.0 Å². The smallest absolute Gasteiger partial charge is 0.145 e. The Morgan fingerprint density at radius 2 is 1.00 bits per heavy atom. The van der Waals surface area contributed by atoms with Crippen molar-refractivity contribution in [1.82, 2.24) is 9.97 Å². The summed E-state index contributed by atoms with van der Waals surface area (Å²) in [6, 6.07) is 20.2. The summed E-state index contributed by atoms with van der Waals surface area (Å²) in [5, 5.41) is 38.4. The van der Waals surface area contributed by atoms with Gasteiger partial charge in [0.25, 0.3) is 0 Å². The topological polar surface area (TPSA) is 131 Å². The van der Waals surface area contributed by atoms with Crippen molar-refractivity contribution in [3.63, 3.8) is 0 Å². The van der Waals surface area contributed by atoms with Crippen molar-refractivity contribution in [2.24, 2.45) is 9.98 Å². The first-order chi connectivity index (χ1) is 19.4. The van der Waals surface area contributed by atoms with E-state index in [9.17, 15) is 20.4 Å². The van der Waals surface area contributed by atoms with Crippen LogP contribution >= 0.6 is 0 Å². The van der Waals surface area contributed by atoms with Crippen LogP contribution in [0.5, 0.6) is 11.5 Å². The minimum atomic E-state index is -0.166. The van der Waals surface area contributed by atoms with Gasteiger partial charge in [0.05, 0.1) is 24.6 Å². The van der Waals surface area contributed by atoms with Crippen molar-refractivity contribution >= 4 is 12.4 Å². The predicted molar refractivity (Wildman–Crippen MR) is 158 cm³/mol. The zero-order valence-corrected chi connectivity index (χ0v) is 24.1. The molecule has 41 heavy (non-hydrogen) atoms. The van der Waals surface area contributed by atoms with Gasteiger partial charge in [-0.2, -0.15) is 0 Å². The molecule has 8 nitrogen and oxygen atoms in total. The van der Waals surface area contributed by atoms with E-state index < -0.39 is 0 Å². The van der Waals surface area contributed by atoms with Crippen LogP contribution in [0.25, 0.3) is 0 Å². The fourth-order valence-corrected chi connectivity index (χ4v) is 3.83. The van der Waals surface area contributed by atoms with E-state index in [4.69, 9.17) is 0 Å². The van der Waals surface area contributed by atoms with Crippen molar-refractivity contribution < 1.29 is 37.5 Å². The molecule has 9 heteroatoms. The number of aromatic nitrogens is 2. The summed E-state index contributed by atoms with van der Waals surface area (Å²) in [6.45, 7) is 4.38. The summed E-state index contributed by atoms with van der Waals surface area (Å²) in [5.41, 5.74) is 5.77. The third-order valence-corrected chi connectivity index (χ3v) is 6.24. The molecule has 1 radical (unpaired) electrons. The molecule has 2 heterocycles. The number of hydrogen-bond acceptors (Lipinski definition) is 8. The normalized spacial score (nSPS) is 10.8. The van der Waals surface area contributed by atoms with Crippen LogP contribution in [0, 0.1) is 13.8 Å². The van der Waals surface area contributed by atoms with Crippen molar-refractivity contribution in [2.75, 3.05) is 13.1 Å². The molecule has 4 N–H and O–H groups in total. The Hall–Kier alpha value is -3.88. The van der Waals surface area contributed by atoms with Gasteiger partial charge >= 0.3 is 0 Å². The summed E-state index contributed by atoms with van der Waals surface area (Å²) in [7, 11) is 0. The number of aliphatic imine (C=N–C) groups is 2. The summed E-state index contributed by atoms with van der Waals surface area (Å²) < 4.78 is 0. The number of hydrogen-bond donors (Lipinski definition) is 4. The average molecular weight is 604 g/mol. The van der Waals surface area contributed by atoms with E-state index in [0.29, 0.717) is 46.7 Å². The average Bonchev–Trinajstić information content (AvgIpc) is 2.99. The molecule has 0 aliphatic rings. The van der Waals surface area contributed by atoms with Crippen molar-refractivity contribution in [1.29, 1.82) is 0 Å². The fraction of sp³-hybridized carbons (Fsp3) is 0.250. The molecular formula is C32H36CuN4O4. The Balaban J connectivity index is 0.000000280. The molecule has 2 aromatic carbocycles. The van der Waals surface area contributed by atoms with Crippen LogP contribution in [-0.2, 0) is 43.1 Å². The number of nitrogens with zero attached hydrogens (tertiary/aromatic N) is 4. The van der Waals surface area contributed by atoms with Crippen LogP contribution in [0.4, 0.5) is 0 Å². The van der Waals surface area contributed by atoms with E-state index >= 15 is 0 Å². The summed E-state index contributed by atoms with van der Waals surface area (Å²) in [6.07, 6.45) is 8.03. The Morgan fingerprint density at radius 3 is 1.34 bits per heavy atom. The molecule has 0 saturated heterocycles. The van der Waals surface area contributed by atoms with Crippen LogP contribution in [0.15, 0.2) is 83.0 Å². The zero-order valence-electron chi connectivity index (χ0n) is 23.2. The van der Waals surface area contributed by atoms with Crippen molar-refractivity contribution in [3.05, 3.63) is 118 Å². The molecule has 0 saturated carbocycles. The quantitative estimate of drug-likeness (QED) is 0.156. The third kappa shape index (κ3) is 10.2. The maximum atomic E-state index is 9.96. The molecule has 4 rings (SSSR count). The molecule has 0 aliphatic heterocycles. The first-order valence-corrected chi connectivity index (χ1v) is 13.1. The predicted octanol–water partition coefficient (Wildman–Crippen LogP) is 4.50. The van der Waals surface area contributed by atoms with Gasteiger partial charge in [0, 0.05) is 77.2 Å². The minimum Gasteiger partial charge on any atom is -0.505 e. The SMILES string of the molecule is Cc1ncc(CO)c(C=NCCc2ccccc2)c1O.Cc1ncc(CO)c(C=NCCc2ccccc2)c1O.[Cu]. The van der Waals surface area contributed by atoms with Crippen LogP contribution in [0.1, 0.15) is 44.8 Å². The third-order valence-electron chi connectivity index (χ3n) is 6.24. The van der Waals surface area contributed by atoms with E-state index in [1.54, 1.807) is 38.7 Å². The fourth-order valence-electron chi connectivity index (χ4n) is 3.83. The molecule has 219 valence electrons. The van der Waals surface area contributed by atoms with Gasteiger partial charge < -0.3 is 20.4 Å². The van der Waals surface area contributed by atoms with E-state index in [1.807, 2.05) is 36.4 Å². The molecule has 0 unspecified atom stereocenters. The van der Waals surface area contributed by atoms with E-state index in [1.165, 1.54) is 11.1 Å². The molecule has 2 aromatic heterocycles. The maximum absolute atomic E-state index is 9.96. The number of rotatable bonds is 10. The summed E-state index contributed by atoms with van der Waals surface area (Å²) in [4.78, 5) is 16.7. The number of aliphatic hydroxyl groups excluding tert-OH is 2. The van der Waals surface area contributed by atoms with Gasteiger partial charge in [-0.05, 0) is 37.8 Å². The van der Waals surface area contributed by atoms with Crippen molar-refractivity contribution in [2.45, 2.75) is 39.9 Å². The maximum Gasteiger partial charge on any atom is 0.145 e. The Kier molecular flexibility index (Phi) is 14.4. The molecule has 4 aromatic rings. The molecule has 0 aliphatic carbocycles. The second-order valence-corrected chi connectivity index (χ2v) is 9.12. The van der Waals surface area contributed by atoms with Crippen LogP contribution < -0.4 is 0 Å². The second-order valence-electron chi connectivity index (χ2n) is 9.12. The zero-order chi connectivity index (χ0) is 28.7. The molecule has 0 amide bonds. The van der Waals surface area contributed by atoms with E-state index in [-0.39, 0.29) is 41.8 Å². The van der Waals surface area contributed by atoms with Crippen LogP contribution in [-0.4, -0.2) is 55.9 Å². The van der Waals surface area contributed by atoms with Gasteiger partial charge in [0.15, 0.2) is 0 Å². The van der Waals surface area contributed by atoms with Crippen LogP contribution in [0.2, 0.25) is 0 Å². The molecular weight excluding hydrogens is 568 g/mol. The summed E-state index contributed by atoms with van der Waals surface area (Å²) >= 11 is 0. The van der Waals surface area contributed by atoms with Gasteiger partial charge in [-0.1, -0.05) is 60.7 Å². The number of aliphatic hydroxyl groups is 2.